The molecular formula is C25H22N4O3S. The summed E-state index contributed by atoms with van der Waals surface area (Å²) < 4.78 is 7.94. The number of hydrogen-bond donors (Lipinski definition) is 1. The van der Waals surface area contributed by atoms with Crippen LogP contribution in [0.5, 0.6) is 0 Å². The number of hydrogen-bond acceptors (Lipinski definition) is 6. The van der Waals surface area contributed by atoms with Crippen LogP contribution in [0.15, 0.2) is 63.8 Å². The highest BCUT2D eigenvalue weighted by atomic mass is 32.1. The third-order valence-corrected chi connectivity index (χ3v) is 6.38. The van der Waals surface area contributed by atoms with Gasteiger partial charge in [0.2, 0.25) is 5.13 Å². The number of benzene rings is 2. The standard InChI is InChI=1S/C25H22N4O3S/c1-14-11-21(27-22(30)17-12-15-7-5-6-8-19(15)32-23(17)31)29(28-14)24-26-18-10-9-16(25(2,3)4)13-20(18)33-24/h5-13H,1-4H3,(H,27,30). The summed E-state index contributed by atoms with van der Waals surface area (Å²) in [5.74, 6) is -0.132. The molecule has 0 unspecified atom stereocenters. The van der Waals surface area contributed by atoms with Crippen LogP contribution >= 0.6 is 11.3 Å². The van der Waals surface area contributed by atoms with Gasteiger partial charge in [0.15, 0.2) is 0 Å². The highest BCUT2D eigenvalue weighted by Gasteiger charge is 2.20. The van der Waals surface area contributed by atoms with Crippen LogP contribution in [0.25, 0.3) is 26.3 Å². The number of carbonyl (C=O) groups excluding carboxylic acids is 1. The van der Waals surface area contributed by atoms with Gasteiger partial charge in [-0.2, -0.15) is 9.78 Å². The number of aromatic nitrogens is 3. The van der Waals surface area contributed by atoms with Gasteiger partial charge >= 0.3 is 5.63 Å². The Balaban J connectivity index is 1.51. The lowest BCUT2D eigenvalue weighted by Crippen LogP contribution is -2.22. The lowest BCUT2D eigenvalue weighted by atomic mass is 9.87. The molecule has 0 spiro atoms. The summed E-state index contributed by atoms with van der Waals surface area (Å²) in [5.41, 5.74) is 2.50. The average Bonchev–Trinajstić information content (AvgIpc) is 3.34. The first-order valence-corrected chi connectivity index (χ1v) is 11.3. The number of carbonyl (C=O) groups is 1. The molecule has 0 bridgehead atoms. The van der Waals surface area contributed by atoms with Crippen molar-refractivity contribution in [2.24, 2.45) is 0 Å². The van der Waals surface area contributed by atoms with E-state index in [0.717, 1.165) is 10.2 Å². The van der Waals surface area contributed by atoms with Crippen molar-refractivity contribution in [3.8, 4) is 5.13 Å². The van der Waals surface area contributed by atoms with Gasteiger partial charge in [0.05, 0.1) is 15.9 Å². The van der Waals surface area contributed by atoms with Crippen molar-refractivity contribution in [3.05, 3.63) is 81.8 Å². The lowest BCUT2D eigenvalue weighted by molar-refractivity contribution is 0.102. The van der Waals surface area contributed by atoms with E-state index in [2.05, 4.69) is 43.3 Å². The van der Waals surface area contributed by atoms with Crippen LogP contribution in [0.2, 0.25) is 0 Å². The van der Waals surface area contributed by atoms with Crippen LogP contribution < -0.4 is 10.9 Å². The predicted octanol–water partition coefficient (Wildman–Crippen LogP) is 5.45. The number of aryl methyl sites for hydroxylation is 1. The van der Waals surface area contributed by atoms with E-state index in [0.29, 0.717) is 27.6 Å². The van der Waals surface area contributed by atoms with Crippen molar-refractivity contribution >= 4 is 44.2 Å². The molecule has 0 fully saturated rings. The topological polar surface area (TPSA) is 90.0 Å². The first kappa shape index (κ1) is 21.1. The monoisotopic (exact) mass is 458 g/mol. The molecule has 166 valence electrons. The van der Waals surface area contributed by atoms with Gasteiger partial charge in [0.25, 0.3) is 5.91 Å². The zero-order valence-corrected chi connectivity index (χ0v) is 19.5. The van der Waals surface area contributed by atoms with Crippen molar-refractivity contribution in [1.29, 1.82) is 0 Å². The predicted molar refractivity (Wildman–Crippen MR) is 131 cm³/mol. The Hall–Kier alpha value is -3.78. The summed E-state index contributed by atoms with van der Waals surface area (Å²) in [5, 5.41) is 8.62. The molecule has 0 saturated carbocycles. The molecule has 5 aromatic rings. The van der Waals surface area contributed by atoms with Gasteiger partial charge in [-0.05, 0) is 42.2 Å². The zero-order chi connectivity index (χ0) is 23.3. The molecule has 7 nitrogen and oxygen atoms in total. The number of nitrogens with one attached hydrogen (secondary N) is 1. The Kier molecular flexibility index (Phi) is 4.90. The molecule has 0 aliphatic carbocycles. The molecule has 3 heterocycles. The van der Waals surface area contributed by atoms with Crippen LogP contribution in [0, 0.1) is 6.92 Å². The van der Waals surface area contributed by atoms with Crippen LogP contribution in [-0.2, 0) is 5.41 Å². The van der Waals surface area contributed by atoms with Crippen molar-refractivity contribution in [1.82, 2.24) is 14.8 Å². The number of anilines is 1. The number of rotatable bonds is 3. The molecular weight excluding hydrogens is 436 g/mol. The number of thiazole rings is 1. The van der Waals surface area contributed by atoms with Crippen molar-refractivity contribution in [2.75, 3.05) is 5.32 Å². The first-order chi connectivity index (χ1) is 15.7. The lowest BCUT2D eigenvalue weighted by Gasteiger charge is -2.18. The first-order valence-electron chi connectivity index (χ1n) is 10.5. The fraction of sp³-hybridized carbons (Fsp3) is 0.200. The molecule has 0 atom stereocenters. The van der Waals surface area contributed by atoms with Gasteiger partial charge in [-0.15, -0.1) is 0 Å². The maximum absolute atomic E-state index is 13.0. The molecule has 0 saturated heterocycles. The number of para-hydroxylation sites is 1. The van der Waals surface area contributed by atoms with Gasteiger partial charge in [-0.1, -0.05) is 56.4 Å². The minimum absolute atomic E-state index is 0.0285. The molecule has 5 rings (SSSR count). The normalized spacial score (nSPS) is 11.9. The quantitative estimate of drug-likeness (QED) is 0.363. The van der Waals surface area contributed by atoms with Gasteiger partial charge in [-0.3, -0.25) is 4.79 Å². The third kappa shape index (κ3) is 3.93. The molecule has 0 aliphatic rings. The van der Waals surface area contributed by atoms with E-state index < -0.39 is 11.5 Å². The summed E-state index contributed by atoms with van der Waals surface area (Å²) in [6.45, 7) is 8.35. The minimum atomic E-state index is -0.691. The van der Waals surface area contributed by atoms with E-state index in [1.54, 1.807) is 28.9 Å². The Bertz CT molecular complexity index is 1590. The number of amides is 1. The Morgan fingerprint density at radius 3 is 2.67 bits per heavy atom. The number of fused-ring (bicyclic) bond motifs is 2. The fourth-order valence-corrected chi connectivity index (χ4v) is 4.58. The van der Waals surface area contributed by atoms with E-state index >= 15 is 0 Å². The molecule has 1 N–H and O–H groups in total. The molecule has 3 aromatic heterocycles. The summed E-state index contributed by atoms with van der Waals surface area (Å²) >= 11 is 1.49. The summed E-state index contributed by atoms with van der Waals surface area (Å²) in [6.07, 6.45) is 0. The molecule has 0 aliphatic heterocycles. The van der Waals surface area contributed by atoms with Crippen molar-refractivity contribution in [3.63, 3.8) is 0 Å². The van der Waals surface area contributed by atoms with Gasteiger partial charge in [0.1, 0.15) is 17.0 Å². The third-order valence-electron chi connectivity index (χ3n) is 5.38. The smallest absolute Gasteiger partial charge is 0.349 e. The van der Waals surface area contributed by atoms with E-state index in [9.17, 15) is 9.59 Å². The van der Waals surface area contributed by atoms with E-state index in [1.807, 2.05) is 19.1 Å². The second-order valence-electron chi connectivity index (χ2n) is 8.95. The summed E-state index contributed by atoms with van der Waals surface area (Å²) in [7, 11) is 0. The van der Waals surface area contributed by atoms with Crippen LogP contribution in [0.4, 0.5) is 5.82 Å². The van der Waals surface area contributed by atoms with Gasteiger partial charge < -0.3 is 9.73 Å². The van der Waals surface area contributed by atoms with E-state index in [4.69, 9.17) is 9.40 Å². The minimum Gasteiger partial charge on any atom is -0.422 e. The summed E-state index contributed by atoms with van der Waals surface area (Å²) in [4.78, 5) is 30.1. The Labute approximate surface area is 193 Å². The maximum Gasteiger partial charge on any atom is 0.349 e. The Morgan fingerprint density at radius 1 is 1.09 bits per heavy atom. The SMILES string of the molecule is Cc1cc(NC(=O)c2cc3ccccc3oc2=O)n(-c2nc3ccc(C(C)(C)C)cc3s2)n1. The zero-order valence-electron chi connectivity index (χ0n) is 18.7. The Morgan fingerprint density at radius 2 is 1.88 bits per heavy atom. The van der Waals surface area contributed by atoms with Crippen molar-refractivity contribution in [2.45, 2.75) is 33.1 Å². The second-order valence-corrected chi connectivity index (χ2v) is 9.96. The largest absolute Gasteiger partial charge is 0.422 e. The highest BCUT2D eigenvalue weighted by Crippen LogP contribution is 2.31. The number of nitrogens with zero attached hydrogens (tertiary/aromatic N) is 3. The van der Waals surface area contributed by atoms with Crippen LogP contribution in [0.1, 0.15) is 42.4 Å². The molecule has 33 heavy (non-hydrogen) atoms. The van der Waals surface area contributed by atoms with Gasteiger partial charge in [-0.25, -0.2) is 9.78 Å². The van der Waals surface area contributed by atoms with E-state index in [1.165, 1.54) is 23.0 Å². The van der Waals surface area contributed by atoms with Crippen molar-refractivity contribution < 1.29 is 9.21 Å². The summed E-state index contributed by atoms with van der Waals surface area (Å²) in [6, 6.07) is 16.6. The second kappa shape index (κ2) is 7.67. The van der Waals surface area contributed by atoms with Crippen LogP contribution in [-0.4, -0.2) is 20.7 Å². The average molecular weight is 459 g/mol. The van der Waals surface area contributed by atoms with E-state index in [-0.39, 0.29) is 11.0 Å². The maximum atomic E-state index is 13.0. The molecule has 2 aromatic carbocycles. The highest BCUT2D eigenvalue weighted by molar-refractivity contribution is 7.20. The molecule has 1 amide bonds. The molecule has 0 radical (unpaired) electrons. The molecule has 8 heteroatoms. The van der Waals surface area contributed by atoms with Crippen LogP contribution in [0.3, 0.4) is 0 Å². The van der Waals surface area contributed by atoms with Gasteiger partial charge in [0, 0.05) is 11.5 Å². The fourth-order valence-electron chi connectivity index (χ4n) is 3.61.